The molecule has 8 heteroatoms. The van der Waals surface area contributed by atoms with E-state index in [1.54, 1.807) is 6.20 Å². The van der Waals surface area contributed by atoms with Gasteiger partial charge < -0.3 is 15.1 Å². The van der Waals surface area contributed by atoms with Crippen molar-refractivity contribution in [1.29, 1.82) is 5.26 Å². The number of nitriles is 1. The monoisotopic (exact) mass is 433 g/mol. The molecule has 2 aliphatic heterocycles. The Balaban J connectivity index is 1.29. The Kier molecular flexibility index (Phi) is 6.86. The predicted molar refractivity (Wildman–Crippen MR) is 123 cm³/mol. The van der Waals surface area contributed by atoms with Crippen LogP contribution in [0.1, 0.15) is 37.9 Å². The SMILES string of the molecule is C[C@@H]1CN(c2cncc(C#N)n2)C[C@@H](C)N1C(=O)NC1CCN(Cc2ccccc2)CC1. The number of rotatable bonds is 4. The average molecular weight is 434 g/mol. The molecule has 0 radical (unpaired) electrons. The number of likely N-dealkylation sites (tertiary alicyclic amines) is 1. The topological polar surface area (TPSA) is 88.4 Å². The lowest BCUT2D eigenvalue weighted by Gasteiger charge is -2.45. The molecule has 2 fully saturated rings. The molecule has 0 spiro atoms. The third kappa shape index (κ3) is 5.17. The molecule has 1 aromatic carbocycles. The number of benzene rings is 1. The molecular weight excluding hydrogens is 402 g/mol. The Bertz CT molecular complexity index is 940. The molecule has 2 amide bonds. The summed E-state index contributed by atoms with van der Waals surface area (Å²) in [5, 5.41) is 12.4. The standard InChI is InChI=1S/C24H31N7O/c1-18-15-30(23-14-26-13-22(12-25)27-23)16-19(2)31(18)24(32)28-21-8-10-29(11-9-21)17-20-6-4-3-5-7-20/h3-7,13-14,18-19,21H,8-11,15-17H2,1-2H3,(H,28,32)/t18-,19-/m1/s1. The van der Waals surface area contributed by atoms with Crippen molar-refractivity contribution in [3.05, 3.63) is 54.0 Å². The van der Waals surface area contributed by atoms with E-state index in [1.165, 1.54) is 11.8 Å². The van der Waals surface area contributed by atoms with E-state index < -0.39 is 0 Å². The van der Waals surface area contributed by atoms with Gasteiger partial charge in [-0.05, 0) is 32.3 Å². The van der Waals surface area contributed by atoms with Gasteiger partial charge in [-0.25, -0.2) is 9.78 Å². The van der Waals surface area contributed by atoms with E-state index in [1.807, 2.05) is 17.0 Å². The van der Waals surface area contributed by atoms with E-state index in [4.69, 9.17) is 5.26 Å². The molecule has 3 heterocycles. The van der Waals surface area contributed by atoms with Crippen molar-refractivity contribution in [3.63, 3.8) is 0 Å². The molecule has 0 unspecified atom stereocenters. The van der Waals surface area contributed by atoms with E-state index >= 15 is 0 Å². The fraction of sp³-hybridized carbons (Fsp3) is 0.500. The van der Waals surface area contributed by atoms with Crippen LogP contribution < -0.4 is 10.2 Å². The number of carbonyl (C=O) groups excluding carboxylic acids is 1. The summed E-state index contributed by atoms with van der Waals surface area (Å²) in [6.07, 6.45) is 5.08. The summed E-state index contributed by atoms with van der Waals surface area (Å²) in [4.78, 5) is 28.1. The minimum Gasteiger partial charge on any atom is -0.351 e. The van der Waals surface area contributed by atoms with E-state index in [0.717, 1.165) is 32.5 Å². The Morgan fingerprint density at radius 1 is 1.12 bits per heavy atom. The molecule has 32 heavy (non-hydrogen) atoms. The van der Waals surface area contributed by atoms with Crippen molar-refractivity contribution in [2.45, 2.75) is 51.4 Å². The number of piperidine rings is 1. The highest BCUT2D eigenvalue weighted by molar-refractivity contribution is 5.75. The highest BCUT2D eigenvalue weighted by Crippen LogP contribution is 2.22. The van der Waals surface area contributed by atoms with Crippen LogP contribution in [0.2, 0.25) is 0 Å². The Morgan fingerprint density at radius 3 is 2.47 bits per heavy atom. The summed E-state index contributed by atoms with van der Waals surface area (Å²) in [5.74, 6) is 0.689. The first kappa shape index (κ1) is 22.0. The third-order valence-corrected chi connectivity index (χ3v) is 6.38. The highest BCUT2D eigenvalue weighted by Gasteiger charge is 2.34. The number of nitrogens with zero attached hydrogens (tertiary/aromatic N) is 6. The first-order valence-corrected chi connectivity index (χ1v) is 11.4. The molecule has 2 aliphatic rings. The van der Waals surface area contributed by atoms with Gasteiger partial charge in [-0.2, -0.15) is 5.26 Å². The van der Waals surface area contributed by atoms with E-state index in [9.17, 15) is 4.79 Å². The van der Waals surface area contributed by atoms with Crippen LogP contribution in [-0.4, -0.2) is 70.1 Å². The number of hydrogen-bond acceptors (Lipinski definition) is 6. The van der Waals surface area contributed by atoms with Crippen LogP contribution in [0.15, 0.2) is 42.7 Å². The zero-order valence-corrected chi connectivity index (χ0v) is 18.8. The molecule has 1 aromatic heterocycles. The molecule has 2 atom stereocenters. The minimum atomic E-state index is 0.0167. The Labute approximate surface area is 189 Å². The number of aromatic nitrogens is 2. The summed E-state index contributed by atoms with van der Waals surface area (Å²) in [5.41, 5.74) is 1.64. The molecule has 0 bridgehead atoms. The molecule has 0 saturated carbocycles. The second kappa shape index (κ2) is 9.96. The molecule has 1 N–H and O–H groups in total. The highest BCUT2D eigenvalue weighted by atomic mass is 16.2. The summed E-state index contributed by atoms with van der Waals surface area (Å²) >= 11 is 0. The van der Waals surface area contributed by atoms with Gasteiger partial charge in [0, 0.05) is 50.8 Å². The smallest absolute Gasteiger partial charge is 0.318 e. The number of nitrogens with one attached hydrogen (secondary N) is 1. The largest absolute Gasteiger partial charge is 0.351 e. The Hall–Kier alpha value is -3.18. The van der Waals surface area contributed by atoms with Crippen LogP contribution in [-0.2, 0) is 6.54 Å². The van der Waals surface area contributed by atoms with Gasteiger partial charge in [0.15, 0.2) is 5.69 Å². The van der Waals surface area contributed by atoms with Gasteiger partial charge in [0.05, 0.1) is 12.4 Å². The molecule has 168 valence electrons. The van der Waals surface area contributed by atoms with E-state index in [-0.39, 0.29) is 24.2 Å². The maximum atomic E-state index is 13.1. The zero-order valence-electron chi connectivity index (χ0n) is 18.8. The van der Waals surface area contributed by atoms with E-state index in [2.05, 4.69) is 63.2 Å². The van der Waals surface area contributed by atoms with Gasteiger partial charge in [0.25, 0.3) is 0 Å². The van der Waals surface area contributed by atoms with Gasteiger partial charge in [0.2, 0.25) is 0 Å². The summed E-state index contributed by atoms with van der Waals surface area (Å²) < 4.78 is 0. The lowest BCUT2D eigenvalue weighted by Crippen LogP contribution is -2.62. The number of piperazine rings is 1. The van der Waals surface area contributed by atoms with Crippen LogP contribution in [0.5, 0.6) is 0 Å². The minimum absolute atomic E-state index is 0.0167. The average Bonchev–Trinajstić information content (AvgIpc) is 2.80. The lowest BCUT2D eigenvalue weighted by atomic mass is 10.0. The summed E-state index contributed by atoms with van der Waals surface area (Å²) in [7, 11) is 0. The molecule has 4 rings (SSSR count). The van der Waals surface area contributed by atoms with Gasteiger partial charge in [-0.15, -0.1) is 0 Å². The first-order chi connectivity index (χ1) is 15.5. The van der Waals surface area contributed by atoms with Gasteiger partial charge in [0.1, 0.15) is 11.9 Å². The second-order valence-electron chi connectivity index (χ2n) is 8.87. The normalized spacial score (nSPS) is 22.4. The van der Waals surface area contributed by atoms with Crippen molar-refractivity contribution in [3.8, 4) is 6.07 Å². The maximum Gasteiger partial charge on any atom is 0.318 e. The van der Waals surface area contributed by atoms with Crippen molar-refractivity contribution in [2.24, 2.45) is 0 Å². The number of hydrogen-bond donors (Lipinski definition) is 1. The predicted octanol–water partition coefficient (Wildman–Crippen LogP) is 2.62. The van der Waals surface area contributed by atoms with Crippen molar-refractivity contribution in [2.75, 3.05) is 31.1 Å². The van der Waals surface area contributed by atoms with Crippen molar-refractivity contribution >= 4 is 11.8 Å². The van der Waals surface area contributed by atoms with Gasteiger partial charge in [-0.1, -0.05) is 30.3 Å². The second-order valence-corrected chi connectivity index (χ2v) is 8.87. The van der Waals surface area contributed by atoms with E-state index in [0.29, 0.717) is 24.6 Å². The third-order valence-electron chi connectivity index (χ3n) is 6.38. The maximum absolute atomic E-state index is 13.1. The molecule has 8 nitrogen and oxygen atoms in total. The number of carbonyl (C=O) groups is 1. The molecular formula is C24H31N7O. The molecule has 2 saturated heterocycles. The van der Waals surface area contributed by atoms with Crippen LogP contribution in [0.25, 0.3) is 0 Å². The fourth-order valence-electron chi connectivity index (χ4n) is 4.80. The Morgan fingerprint density at radius 2 is 1.81 bits per heavy atom. The fourth-order valence-corrected chi connectivity index (χ4v) is 4.80. The van der Waals surface area contributed by atoms with Crippen LogP contribution in [0.3, 0.4) is 0 Å². The summed E-state index contributed by atoms with van der Waals surface area (Å²) in [6, 6.07) is 12.9. The molecule has 2 aromatic rings. The van der Waals surface area contributed by atoms with Gasteiger partial charge >= 0.3 is 6.03 Å². The van der Waals surface area contributed by atoms with Crippen LogP contribution in [0.4, 0.5) is 10.6 Å². The zero-order chi connectivity index (χ0) is 22.5. The first-order valence-electron chi connectivity index (χ1n) is 11.4. The molecule has 0 aliphatic carbocycles. The van der Waals surface area contributed by atoms with Crippen molar-refractivity contribution in [1.82, 2.24) is 25.1 Å². The van der Waals surface area contributed by atoms with Crippen molar-refractivity contribution < 1.29 is 4.79 Å². The van der Waals surface area contributed by atoms with Gasteiger partial charge in [-0.3, -0.25) is 9.88 Å². The number of urea groups is 1. The number of amides is 2. The quantitative estimate of drug-likeness (QED) is 0.797. The number of anilines is 1. The van der Waals surface area contributed by atoms with Crippen LogP contribution in [0, 0.1) is 11.3 Å². The lowest BCUT2D eigenvalue weighted by molar-refractivity contribution is 0.130. The summed E-state index contributed by atoms with van der Waals surface area (Å²) in [6.45, 7) is 8.40. The van der Waals surface area contributed by atoms with Crippen LogP contribution >= 0.6 is 0 Å².